The standard InChI is InChI=1S/C24H30N4.C2H6/c1-18(27-21-12-6-3-7-13-21)20-11-8-14-22(17-20)28-24(26)16-15-23(25)19-9-4-2-5-10-19;1-2/h2,4-5,8-11,14-17,21,27-28H,1,3,6-7,12-13,25-26H2;1-2H3/b23-15-,24-16+;. The Bertz CT molecular complexity index is 846. The van der Waals surface area contributed by atoms with Gasteiger partial charge in [0.1, 0.15) is 5.82 Å². The maximum Gasteiger partial charge on any atom is 0.101 e. The van der Waals surface area contributed by atoms with Crippen LogP contribution in [0.1, 0.15) is 57.1 Å². The normalized spacial score (nSPS) is 15.0. The second-order valence-corrected chi connectivity index (χ2v) is 7.27. The Balaban J connectivity index is 0.00000155. The van der Waals surface area contributed by atoms with E-state index in [2.05, 4.69) is 29.3 Å². The molecule has 0 amide bonds. The largest absolute Gasteiger partial charge is 0.398 e. The maximum absolute atomic E-state index is 6.12. The number of hydrogen-bond acceptors (Lipinski definition) is 4. The molecular weight excluding hydrogens is 368 g/mol. The first kappa shape index (κ1) is 23.1. The number of hydrogen-bond donors (Lipinski definition) is 4. The Morgan fingerprint density at radius 2 is 1.57 bits per heavy atom. The lowest BCUT2D eigenvalue weighted by molar-refractivity contribution is 0.409. The third-order valence-electron chi connectivity index (χ3n) is 5.03. The van der Waals surface area contributed by atoms with Crippen molar-refractivity contribution in [2.75, 3.05) is 5.32 Å². The molecule has 0 saturated heterocycles. The summed E-state index contributed by atoms with van der Waals surface area (Å²) < 4.78 is 0. The van der Waals surface area contributed by atoms with Crippen molar-refractivity contribution >= 4 is 17.1 Å². The van der Waals surface area contributed by atoms with Crippen molar-refractivity contribution in [2.24, 2.45) is 11.5 Å². The van der Waals surface area contributed by atoms with Crippen LogP contribution in [0.15, 0.2) is 79.1 Å². The van der Waals surface area contributed by atoms with Crippen LogP contribution in [-0.2, 0) is 0 Å². The lowest BCUT2D eigenvalue weighted by Crippen LogP contribution is -2.29. The van der Waals surface area contributed by atoms with Crippen LogP contribution in [0.5, 0.6) is 0 Å². The summed E-state index contributed by atoms with van der Waals surface area (Å²) in [4.78, 5) is 0. The molecule has 2 aromatic carbocycles. The summed E-state index contributed by atoms with van der Waals surface area (Å²) in [6.07, 6.45) is 9.98. The highest BCUT2D eigenvalue weighted by molar-refractivity contribution is 5.67. The molecule has 1 aliphatic carbocycles. The van der Waals surface area contributed by atoms with Crippen molar-refractivity contribution in [3.05, 3.63) is 90.3 Å². The van der Waals surface area contributed by atoms with Crippen LogP contribution in [-0.4, -0.2) is 6.04 Å². The fourth-order valence-electron chi connectivity index (χ4n) is 3.48. The fourth-order valence-corrected chi connectivity index (χ4v) is 3.48. The van der Waals surface area contributed by atoms with Gasteiger partial charge in [0.05, 0.1) is 0 Å². The summed E-state index contributed by atoms with van der Waals surface area (Å²) in [5.41, 5.74) is 16.8. The molecule has 4 nitrogen and oxygen atoms in total. The van der Waals surface area contributed by atoms with Crippen molar-refractivity contribution in [2.45, 2.75) is 52.0 Å². The highest BCUT2D eigenvalue weighted by atomic mass is 15.0. The van der Waals surface area contributed by atoms with Crippen LogP contribution in [0.3, 0.4) is 0 Å². The van der Waals surface area contributed by atoms with E-state index in [9.17, 15) is 0 Å². The van der Waals surface area contributed by atoms with Gasteiger partial charge in [0.25, 0.3) is 0 Å². The van der Waals surface area contributed by atoms with E-state index in [-0.39, 0.29) is 0 Å². The van der Waals surface area contributed by atoms with E-state index >= 15 is 0 Å². The lowest BCUT2D eigenvalue weighted by Gasteiger charge is -2.25. The van der Waals surface area contributed by atoms with Crippen LogP contribution in [0.25, 0.3) is 11.4 Å². The molecular formula is C26H36N4. The van der Waals surface area contributed by atoms with E-state index in [0.717, 1.165) is 22.5 Å². The van der Waals surface area contributed by atoms with Crippen LogP contribution < -0.4 is 22.1 Å². The number of nitrogens with one attached hydrogen (secondary N) is 2. The molecule has 0 aliphatic heterocycles. The molecule has 4 heteroatoms. The predicted octanol–water partition coefficient (Wildman–Crippen LogP) is 5.82. The third kappa shape index (κ3) is 7.36. The molecule has 0 aromatic heterocycles. The molecule has 0 radical (unpaired) electrons. The number of rotatable bonds is 7. The number of allylic oxidation sites excluding steroid dienone is 2. The molecule has 0 heterocycles. The summed E-state index contributed by atoms with van der Waals surface area (Å²) in [7, 11) is 0. The zero-order valence-corrected chi connectivity index (χ0v) is 18.3. The Kier molecular flexibility index (Phi) is 9.59. The summed E-state index contributed by atoms with van der Waals surface area (Å²) >= 11 is 0. The molecule has 6 N–H and O–H groups in total. The van der Waals surface area contributed by atoms with Gasteiger partial charge in [0.2, 0.25) is 0 Å². The highest BCUT2D eigenvalue weighted by Gasteiger charge is 2.14. The van der Waals surface area contributed by atoms with E-state index in [1.807, 2.05) is 62.4 Å². The average molecular weight is 405 g/mol. The third-order valence-corrected chi connectivity index (χ3v) is 5.03. The monoisotopic (exact) mass is 404 g/mol. The summed E-state index contributed by atoms with van der Waals surface area (Å²) in [5, 5.41) is 6.80. The molecule has 0 atom stereocenters. The average Bonchev–Trinajstić information content (AvgIpc) is 2.80. The maximum atomic E-state index is 6.12. The van der Waals surface area contributed by atoms with E-state index < -0.39 is 0 Å². The summed E-state index contributed by atoms with van der Waals surface area (Å²) in [6.45, 7) is 8.22. The first-order chi connectivity index (χ1) is 14.6. The van der Waals surface area contributed by atoms with Crippen molar-refractivity contribution in [3.8, 4) is 0 Å². The molecule has 0 spiro atoms. The SMILES string of the molecule is C=C(NC1CCCCC1)c1cccc(N/C(N)=C/C=C(\N)c2ccccc2)c1.CC. The number of nitrogens with two attached hydrogens (primary N) is 2. The quantitative estimate of drug-likeness (QED) is 0.439. The Hall–Kier alpha value is -3.14. The topological polar surface area (TPSA) is 76.1 Å². The van der Waals surface area contributed by atoms with Crippen molar-refractivity contribution in [1.82, 2.24) is 5.32 Å². The van der Waals surface area contributed by atoms with Crippen molar-refractivity contribution in [1.29, 1.82) is 0 Å². The van der Waals surface area contributed by atoms with Crippen LogP contribution in [0, 0.1) is 0 Å². The molecule has 1 saturated carbocycles. The van der Waals surface area contributed by atoms with Gasteiger partial charge in [-0.2, -0.15) is 0 Å². The van der Waals surface area contributed by atoms with Crippen LogP contribution in [0.4, 0.5) is 5.69 Å². The highest BCUT2D eigenvalue weighted by Crippen LogP contribution is 2.22. The Morgan fingerprint density at radius 1 is 0.900 bits per heavy atom. The van der Waals surface area contributed by atoms with Crippen LogP contribution >= 0.6 is 0 Å². The lowest BCUT2D eigenvalue weighted by atomic mass is 9.95. The molecule has 2 aromatic rings. The molecule has 3 rings (SSSR count). The summed E-state index contributed by atoms with van der Waals surface area (Å²) in [5.74, 6) is 0.530. The minimum absolute atomic E-state index is 0.530. The molecule has 0 unspecified atom stereocenters. The minimum Gasteiger partial charge on any atom is -0.398 e. The van der Waals surface area contributed by atoms with Gasteiger partial charge in [-0.25, -0.2) is 0 Å². The van der Waals surface area contributed by atoms with Gasteiger partial charge in [0.15, 0.2) is 0 Å². The van der Waals surface area contributed by atoms with Gasteiger partial charge in [-0.15, -0.1) is 0 Å². The van der Waals surface area contributed by atoms with E-state index in [4.69, 9.17) is 11.5 Å². The van der Waals surface area contributed by atoms with Gasteiger partial charge in [-0.3, -0.25) is 0 Å². The smallest absolute Gasteiger partial charge is 0.101 e. The Labute approximate surface area is 181 Å². The van der Waals surface area contributed by atoms with E-state index in [1.165, 1.54) is 32.1 Å². The van der Waals surface area contributed by atoms with Crippen molar-refractivity contribution in [3.63, 3.8) is 0 Å². The molecule has 1 fully saturated rings. The Morgan fingerprint density at radius 3 is 2.27 bits per heavy atom. The summed E-state index contributed by atoms with van der Waals surface area (Å²) in [6, 6.07) is 18.5. The van der Waals surface area contributed by atoms with Crippen LogP contribution in [0.2, 0.25) is 0 Å². The number of benzene rings is 2. The van der Waals surface area contributed by atoms with Crippen molar-refractivity contribution < 1.29 is 0 Å². The van der Waals surface area contributed by atoms with E-state index in [0.29, 0.717) is 17.6 Å². The first-order valence-electron chi connectivity index (χ1n) is 10.9. The first-order valence-corrected chi connectivity index (χ1v) is 10.9. The fraction of sp³-hybridized carbons (Fsp3) is 0.308. The van der Waals surface area contributed by atoms with E-state index in [1.54, 1.807) is 6.08 Å². The second-order valence-electron chi connectivity index (χ2n) is 7.27. The minimum atomic E-state index is 0.530. The second kappa shape index (κ2) is 12.4. The zero-order valence-electron chi connectivity index (χ0n) is 18.3. The molecule has 30 heavy (non-hydrogen) atoms. The van der Waals surface area contributed by atoms with Gasteiger partial charge >= 0.3 is 0 Å². The molecule has 1 aliphatic rings. The zero-order chi connectivity index (χ0) is 21.8. The molecule has 160 valence electrons. The van der Waals surface area contributed by atoms with Gasteiger partial charge in [0, 0.05) is 23.1 Å². The van der Waals surface area contributed by atoms with Gasteiger partial charge < -0.3 is 22.1 Å². The predicted molar refractivity (Wildman–Crippen MR) is 131 cm³/mol. The number of anilines is 1. The molecule has 0 bridgehead atoms. The van der Waals surface area contributed by atoms with Gasteiger partial charge in [-0.1, -0.05) is 82.2 Å². The van der Waals surface area contributed by atoms with Gasteiger partial charge in [-0.05, 0) is 48.3 Å².